The van der Waals surface area contributed by atoms with Crippen LogP contribution in [0.3, 0.4) is 0 Å². The third-order valence-corrected chi connectivity index (χ3v) is 8.33. The van der Waals surface area contributed by atoms with Crippen LogP contribution in [0, 0.1) is 5.82 Å². The number of hydrogen-bond donors (Lipinski definition) is 2. The number of methoxy groups -OCH3 is 1. The van der Waals surface area contributed by atoms with Crippen LogP contribution in [-0.4, -0.2) is 64.9 Å². The van der Waals surface area contributed by atoms with Crippen molar-refractivity contribution in [2.24, 2.45) is 0 Å². The SMILES string of the molecule is CCOC(=O)C(CC12CCC(NCc3ccc4c(n3)NC(=O)CO4)(CC1)CO2)c1c(F)cnc2ccc(OC)nc12. The number of carbonyl (C=O) groups is 2. The van der Waals surface area contributed by atoms with Crippen molar-refractivity contribution < 1.29 is 32.9 Å². The van der Waals surface area contributed by atoms with E-state index in [4.69, 9.17) is 18.9 Å². The number of aromatic nitrogens is 3. The first-order chi connectivity index (χ1) is 19.8. The molecule has 0 radical (unpaired) electrons. The van der Waals surface area contributed by atoms with E-state index in [1.165, 1.54) is 7.11 Å². The molecule has 4 aliphatic rings. The Hall–Kier alpha value is -3.90. The number of carbonyl (C=O) groups excluding carboxylic acids is 2. The summed E-state index contributed by atoms with van der Waals surface area (Å²) in [5, 5.41) is 6.36. The number of nitrogens with zero attached hydrogens (tertiary/aromatic N) is 3. The van der Waals surface area contributed by atoms with E-state index in [2.05, 4.69) is 25.6 Å². The van der Waals surface area contributed by atoms with E-state index in [9.17, 15) is 9.59 Å². The van der Waals surface area contributed by atoms with Gasteiger partial charge in [0.25, 0.3) is 5.91 Å². The van der Waals surface area contributed by atoms with Crippen molar-refractivity contribution in [3.63, 3.8) is 0 Å². The van der Waals surface area contributed by atoms with Crippen LogP contribution in [0.25, 0.3) is 11.0 Å². The zero-order chi connectivity index (χ0) is 28.6. The minimum absolute atomic E-state index is 0.0137. The van der Waals surface area contributed by atoms with Crippen LogP contribution in [0.5, 0.6) is 11.6 Å². The zero-order valence-corrected chi connectivity index (χ0v) is 23.0. The average Bonchev–Trinajstić information content (AvgIpc) is 3.00. The summed E-state index contributed by atoms with van der Waals surface area (Å²) in [5.41, 5.74) is 0.820. The number of anilines is 1. The van der Waals surface area contributed by atoms with Crippen LogP contribution in [0.4, 0.5) is 10.2 Å². The Morgan fingerprint density at radius 3 is 2.76 bits per heavy atom. The van der Waals surface area contributed by atoms with Gasteiger partial charge in [0.1, 0.15) is 5.82 Å². The summed E-state index contributed by atoms with van der Waals surface area (Å²) in [6.07, 6.45) is 4.41. The molecule has 12 heteroatoms. The smallest absolute Gasteiger partial charge is 0.313 e. The van der Waals surface area contributed by atoms with E-state index in [0.717, 1.165) is 24.7 Å². The number of ether oxygens (including phenoxy) is 4. The number of amides is 1. The predicted molar refractivity (Wildman–Crippen MR) is 145 cm³/mol. The lowest BCUT2D eigenvalue weighted by Gasteiger charge is -2.54. The third kappa shape index (κ3) is 5.29. The van der Waals surface area contributed by atoms with Crippen molar-refractivity contribution in [1.82, 2.24) is 20.3 Å². The molecule has 11 nitrogen and oxygen atoms in total. The summed E-state index contributed by atoms with van der Waals surface area (Å²) >= 11 is 0. The number of pyridine rings is 3. The second kappa shape index (κ2) is 10.8. The predicted octanol–water partition coefficient (Wildman–Crippen LogP) is 3.41. The largest absolute Gasteiger partial charge is 0.481 e. The van der Waals surface area contributed by atoms with Crippen molar-refractivity contribution in [1.29, 1.82) is 0 Å². The molecular formula is C29H32FN5O6. The first-order valence-electron chi connectivity index (χ1n) is 13.8. The molecule has 41 heavy (non-hydrogen) atoms. The molecule has 2 bridgehead atoms. The minimum Gasteiger partial charge on any atom is -0.481 e. The molecule has 0 aromatic carbocycles. The maximum absolute atomic E-state index is 15.4. The Morgan fingerprint density at radius 2 is 2.02 bits per heavy atom. The van der Waals surface area contributed by atoms with Gasteiger partial charge in [-0.3, -0.25) is 14.6 Å². The average molecular weight is 566 g/mol. The van der Waals surface area contributed by atoms with Crippen molar-refractivity contribution in [3.8, 4) is 11.6 Å². The van der Waals surface area contributed by atoms with Gasteiger partial charge in [-0.05, 0) is 57.2 Å². The molecule has 1 saturated carbocycles. The number of esters is 1. The third-order valence-electron chi connectivity index (χ3n) is 8.33. The number of nitrogens with one attached hydrogen (secondary N) is 2. The number of hydrogen-bond acceptors (Lipinski definition) is 10. The molecule has 1 aliphatic carbocycles. The van der Waals surface area contributed by atoms with Gasteiger partial charge in [0, 0.05) is 23.7 Å². The van der Waals surface area contributed by atoms with Crippen LogP contribution in [0.2, 0.25) is 0 Å². The molecule has 1 unspecified atom stereocenters. The highest BCUT2D eigenvalue weighted by Gasteiger charge is 2.51. The van der Waals surface area contributed by atoms with Crippen LogP contribution in [0.1, 0.15) is 56.2 Å². The van der Waals surface area contributed by atoms with Crippen molar-refractivity contribution >= 4 is 28.7 Å². The van der Waals surface area contributed by atoms with Gasteiger partial charge in [0.05, 0.1) is 54.8 Å². The number of fused-ring (bicyclic) bond motifs is 5. The highest BCUT2D eigenvalue weighted by Crippen LogP contribution is 2.49. The van der Waals surface area contributed by atoms with Crippen LogP contribution >= 0.6 is 0 Å². The molecule has 0 spiro atoms. The van der Waals surface area contributed by atoms with Crippen molar-refractivity contribution in [2.75, 3.05) is 32.2 Å². The van der Waals surface area contributed by atoms with E-state index in [-0.39, 0.29) is 42.2 Å². The summed E-state index contributed by atoms with van der Waals surface area (Å²) in [5.74, 6) is -1.00. The topological polar surface area (TPSA) is 134 Å². The maximum Gasteiger partial charge on any atom is 0.313 e. The van der Waals surface area contributed by atoms with E-state index < -0.39 is 23.3 Å². The molecule has 7 rings (SSSR count). The first-order valence-corrected chi connectivity index (χ1v) is 13.8. The minimum atomic E-state index is -0.921. The molecule has 3 fully saturated rings. The van der Waals surface area contributed by atoms with Crippen LogP contribution in [-0.2, 0) is 25.6 Å². The normalized spacial score (nSPS) is 23.8. The number of rotatable bonds is 9. The lowest BCUT2D eigenvalue weighted by atomic mass is 9.67. The van der Waals surface area contributed by atoms with E-state index in [0.29, 0.717) is 49.0 Å². The molecule has 2 saturated heterocycles. The lowest BCUT2D eigenvalue weighted by molar-refractivity contribution is -0.174. The lowest BCUT2D eigenvalue weighted by Crippen LogP contribution is -2.61. The highest BCUT2D eigenvalue weighted by atomic mass is 19.1. The quantitative estimate of drug-likeness (QED) is 0.372. The Bertz CT molecular complexity index is 1480. The van der Waals surface area contributed by atoms with Gasteiger partial charge in [-0.25, -0.2) is 14.4 Å². The molecular weight excluding hydrogens is 533 g/mol. The van der Waals surface area contributed by atoms with Crippen molar-refractivity contribution in [2.45, 2.75) is 62.6 Å². The van der Waals surface area contributed by atoms with Gasteiger partial charge in [0.2, 0.25) is 5.88 Å². The van der Waals surface area contributed by atoms with Crippen molar-refractivity contribution in [3.05, 3.63) is 47.5 Å². The second-order valence-electron chi connectivity index (χ2n) is 10.8. The van der Waals surface area contributed by atoms with Crippen LogP contribution in [0.15, 0.2) is 30.5 Å². The zero-order valence-electron chi connectivity index (χ0n) is 23.0. The fourth-order valence-corrected chi connectivity index (χ4v) is 6.04. The standard InChI is InChI=1S/C29H32FN5O6/c1-3-39-27(37)18(24-19(30)14-31-20-5-7-23(38-2)35-25(20)24)12-29-10-8-28(9-11-29,16-41-29)32-13-17-4-6-21-26(33-17)34-22(36)15-40-21/h4-7,14,18,32H,3,8-13,15-16H2,1-2H3,(H,33,34,36). The summed E-state index contributed by atoms with van der Waals surface area (Å²) < 4.78 is 38.0. The van der Waals surface area contributed by atoms with Crippen LogP contribution < -0.4 is 20.1 Å². The first kappa shape index (κ1) is 27.3. The summed E-state index contributed by atoms with van der Waals surface area (Å²) in [4.78, 5) is 38.1. The van der Waals surface area contributed by atoms with Gasteiger partial charge < -0.3 is 29.6 Å². The maximum atomic E-state index is 15.4. The number of halogens is 1. The highest BCUT2D eigenvalue weighted by molar-refractivity contribution is 5.94. The summed E-state index contributed by atoms with van der Waals surface area (Å²) in [7, 11) is 1.48. The molecule has 2 N–H and O–H groups in total. The van der Waals surface area contributed by atoms with E-state index in [1.807, 2.05) is 12.1 Å². The van der Waals surface area contributed by atoms with E-state index in [1.54, 1.807) is 19.1 Å². The second-order valence-corrected chi connectivity index (χ2v) is 10.8. The molecule has 216 valence electrons. The fraction of sp³-hybridized carbons (Fsp3) is 0.483. The Balaban J connectivity index is 1.20. The molecule has 1 amide bonds. The summed E-state index contributed by atoms with van der Waals surface area (Å²) in [6.45, 7) is 2.82. The van der Waals surface area contributed by atoms with Gasteiger partial charge in [-0.15, -0.1) is 0 Å². The summed E-state index contributed by atoms with van der Waals surface area (Å²) in [6, 6.07) is 7.02. The molecule has 1 atom stereocenters. The Kier molecular flexibility index (Phi) is 7.20. The van der Waals surface area contributed by atoms with Gasteiger partial charge in [-0.2, -0.15) is 0 Å². The monoisotopic (exact) mass is 565 g/mol. The van der Waals surface area contributed by atoms with Gasteiger partial charge in [-0.1, -0.05) is 0 Å². The van der Waals surface area contributed by atoms with E-state index >= 15 is 4.39 Å². The fourth-order valence-electron chi connectivity index (χ4n) is 6.04. The molecule has 3 aromatic rings. The molecule has 6 heterocycles. The van der Waals surface area contributed by atoms with Gasteiger partial charge in [0.15, 0.2) is 18.2 Å². The molecule has 3 aromatic heterocycles. The van der Waals surface area contributed by atoms with Gasteiger partial charge >= 0.3 is 5.97 Å². The Morgan fingerprint density at radius 1 is 1.20 bits per heavy atom. The Labute approximate surface area is 236 Å². The molecule has 3 aliphatic heterocycles.